The number of fused-ring (bicyclic) bond motifs is 1. The third-order valence-corrected chi connectivity index (χ3v) is 5.66. The molecule has 0 aliphatic carbocycles. The van der Waals surface area contributed by atoms with Crippen LogP contribution in [0.2, 0.25) is 5.02 Å². The van der Waals surface area contributed by atoms with Gasteiger partial charge in [0.05, 0.1) is 12.1 Å². The van der Waals surface area contributed by atoms with Gasteiger partial charge in [-0.15, -0.1) is 0 Å². The number of carbonyl (C=O) groups is 1. The van der Waals surface area contributed by atoms with E-state index in [2.05, 4.69) is 4.99 Å². The Labute approximate surface area is 165 Å². The second-order valence-electron chi connectivity index (χ2n) is 7.12. The lowest BCUT2D eigenvalue weighted by atomic mass is 9.86. The highest BCUT2D eigenvalue weighted by Gasteiger charge is 2.36. The van der Waals surface area contributed by atoms with Crippen LogP contribution in [0.3, 0.4) is 0 Å². The molecule has 28 heavy (non-hydrogen) atoms. The van der Waals surface area contributed by atoms with Gasteiger partial charge in [-0.1, -0.05) is 35.9 Å². The van der Waals surface area contributed by atoms with Gasteiger partial charge in [-0.3, -0.25) is 9.79 Å². The van der Waals surface area contributed by atoms with Crippen molar-refractivity contribution in [3.63, 3.8) is 0 Å². The molecule has 0 atom stereocenters. The molecule has 2 aromatic carbocycles. The Morgan fingerprint density at radius 1 is 1.11 bits per heavy atom. The van der Waals surface area contributed by atoms with E-state index in [0.29, 0.717) is 48.8 Å². The Balaban J connectivity index is 1.48. The van der Waals surface area contributed by atoms with Crippen molar-refractivity contribution in [3.8, 4) is 0 Å². The fraction of sp³-hybridized carbons (Fsp3) is 0.333. The molecule has 0 unspecified atom stereocenters. The van der Waals surface area contributed by atoms with Gasteiger partial charge in [0.25, 0.3) is 5.91 Å². The van der Waals surface area contributed by atoms with E-state index in [1.165, 1.54) is 6.07 Å². The molecule has 146 valence electrons. The number of benzene rings is 2. The monoisotopic (exact) mass is 406 g/mol. The molecule has 0 radical (unpaired) electrons. The number of alkyl halides is 3. The molecule has 3 nitrogen and oxygen atoms in total. The van der Waals surface area contributed by atoms with Crippen molar-refractivity contribution in [2.45, 2.75) is 31.5 Å². The zero-order chi connectivity index (χ0) is 19.9. The highest BCUT2D eigenvalue weighted by Crippen LogP contribution is 2.38. The number of hydrogen-bond acceptors (Lipinski definition) is 2. The minimum absolute atomic E-state index is 0.177. The summed E-state index contributed by atoms with van der Waals surface area (Å²) in [6, 6.07) is 11.1. The summed E-state index contributed by atoms with van der Waals surface area (Å²) in [5.41, 5.74) is 1.84. The van der Waals surface area contributed by atoms with Crippen LogP contribution >= 0.6 is 11.6 Å². The van der Waals surface area contributed by atoms with Gasteiger partial charge in [0.15, 0.2) is 0 Å². The average molecular weight is 407 g/mol. The molecule has 2 aliphatic rings. The molecule has 0 bridgehead atoms. The van der Waals surface area contributed by atoms with Crippen molar-refractivity contribution in [2.75, 3.05) is 13.1 Å². The molecule has 0 aromatic heterocycles. The highest BCUT2D eigenvalue weighted by atomic mass is 35.5. The molecule has 7 heteroatoms. The lowest BCUT2D eigenvalue weighted by molar-refractivity contribution is -0.138. The zero-order valence-corrected chi connectivity index (χ0v) is 15.7. The first-order valence-electron chi connectivity index (χ1n) is 9.13. The minimum atomic E-state index is -4.37. The lowest BCUT2D eigenvalue weighted by Crippen LogP contribution is -2.42. The summed E-state index contributed by atoms with van der Waals surface area (Å²) in [6.07, 6.45) is -3.38. The Bertz CT molecular complexity index is 947. The van der Waals surface area contributed by atoms with Crippen LogP contribution in [0.5, 0.6) is 0 Å². The quantitative estimate of drug-likeness (QED) is 0.685. The molecular weight excluding hydrogens is 389 g/mol. The smallest absolute Gasteiger partial charge is 0.337 e. The van der Waals surface area contributed by atoms with E-state index in [1.54, 1.807) is 29.2 Å². The third kappa shape index (κ3) is 3.53. The summed E-state index contributed by atoms with van der Waals surface area (Å²) >= 11 is 6.05. The van der Waals surface area contributed by atoms with Crippen LogP contribution in [0.4, 0.5) is 13.2 Å². The topological polar surface area (TPSA) is 32.7 Å². The molecule has 2 aromatic rings. The van der Waals surface area contributed by atoms with Crippen LogP contribution in [-0.2, 0) is 17.5 Å². The number of nitrogens with zero attached hydrogens (tertiary/aromatic N) is 2. The van der Waals surface area contributed by atoms with Gasteiger partial charge in [-0.05, 0) is 48.1 Å². The van der Waals surface area contributed by atoms with Crippen LogP contribution in [0.25, 0.3) is 0 Å². The summed E-state index contributed by atoms with van der Waals surface area (Å²) in [6.45, 7) is 1.26. The van der Waals surface area contributed by atoms with E-state index in [1.807, 2.05) is 6.07 Å². The van der Waals surface area contributed by atoms with Gasteiger partial charge in [0.2, 0.25) is 0 Å². The lowest BCUT2D eigenvalue weighted by Gasteiger charge is -2.33. The first kappa shape index (κ1) is 19.0. The van der Waals surface area contributed by atoms with Crippen molar-refractivity contribution in [1.29, 1.82) is 0 Å². The number of piperidine rings is 1. The first-order valence-corrected chi connectivity index (χ1v) is 9.51. The van der Waals surface area contributed by atoms with Crippen LogP contribution in [0.15, 0.2) is 47.5 Å². The van der Waals surface area contributed by atoms with Crippen molar-refractivity contribution >= 4 is 23.2 Å². The second-order valence-corrected chi connectivity index (χ2v) is 7.55. The molecule has 2 aliphatic heterocycles. The third-order valence-electron chi connectivity index (χ3n) is 5.43. The number of hydrogen-bond donors (Lipinski definition) is 0. The molecule has 0 spiro atoms. The van der Waals surface area contributed by atoms with E-state index in [9.17, 15) is 18.0 Å². The maximum atomic E-state index is 13.3. The van der Waals surface area contributed by atoms with Crippen LogP contribution in [0, 0.1) is 0 Å². The standard InChI is InChI=1S/C21H18ClF3N2O/c22-15-6-5-14-12-26-19(17(14)11-15)20(28)27-9-7-13(8-10-27)16-3-1-2-4-18(16)21(23,24)25/h1-6,11,13H,7-10,12H2. The SMILES string of the molecule is O=C(C1=NCc2ccc(Cl)cc21)N1CCC(c2ccccc2C(F)(F)F)CC1. The molecule has 0 N–H and O–H groups in total. The Morgan fingerprint density at radius 3 is 2.54 bits per heavy atom. The number of likely N-dealkylation sites (tertiary alicyclic amines) is 1. The normalized spacial score (nSPS) is 17.4. The molecule has 1 amide bonds. The van der Waals surface area contributed by atoms with E-state index >= 15 is 0 Å². The van der Waals surface area contributed by atoms with E-state index < -0.39 is 11.7 Å². The minimum Gasteiger partial charge on any atom is -0.337 e. The Morgan fingerprint density at radius 2 is 1.82 bits per heavy atom. The van der Waals surface area contributed by atoms with Crippen molar-refractivity contribution in [2.24, 2.45) is 4.99 Å². The molecule has 2 heterocycles. The Hall–Kier alpha value is -2.34. The molecule has 1 fully saturated rings. The predicted octanol–water partition coefficient (Wildman–Crippen LogP) is 5.07. The van der Waals surface area contributed by atoms with Gasteiger partial charge in [-0.2, -0.15) is 13.2 Å². The fourth-order valence-corrected chi connectivity index (χ4v) is 4.17. The van der Waals surface area contributed by atoms with E-state index in [0.717, 1.165) is 17.2 Å². The molecule has 4 rings (SSSR count). The largest absolute Gasteiger partial charge is 0.416 e. The zero-order valence-electron chi connectivity index (χ0n) is 15.0. The average Bonchev–Trinajstić information content (AvgIpc) is 3.10. The maximum absolute atomic E-state index is 13.3. The van der Waals surface area contributed by atoms with Crippen LogP contribution in [0.1, 0.15) is 41.0 Å². The molecule has 1 saturated heterocycles. The molecular formula is C21H18ClF3N2O. The first-order chi connectivity index (χ1) is 13.3. The predicted molar refractivity (Wildman–Crippen MR) is 102 cm³/mol. The van der Waals surface area contributed by atoms with Gasteiger partial charge in [0.1, 0.15) is 5.71 Å². The number of amides is 1. The summed E-state index contributed by atoms with van der Waals surface area (Å²) in [5.74, 6) is -0.391. The summed E-state index contributed by atoms with van der Waals surface area (Å²) in [4.78, 5) is 19.0. The van der Waals surface area contributed by atoms with Crippen LogP contribution < -0.4 is 0 Å². The number of rotatable bonds is 2. The van der Waals surface area contributed by atoms with Crippen molar-refractivity contribution < 1.29 is 18.0 Å². The van der Waals surface area contributed by atoms with E-state index in [4.69, 9.17) is 11.6 Å². The van der Waals surface area contributed by atoms with Gasteiger partial charge in [-0.25, -0.2) is 0 Å². The van der Waals surface area contributed by atoms with Gasteiger partial charge in [0, 0.05) is 23.7 Å². The van der Waals surface area contributed by atoms with Crippen molar-refractivity contribution in [3.05, 3.63) is 69.7 Å². The fourth-order valence-electron chi connectivity index (χ4n) is 3.99. The number of aliphatic imine (C=N–C) groups is 1. The van der Waals surface area contributed by atoms with Crippen LogP contribution in [-0.4, -0.2) is 29.6 Å². The molecule has 0 saturated carbocycles. The van der Waals surface area contributed by atoms with Gasteiger partial charge >= 0.3 is 6.18 Å². The number of carbonyl (C=O) groups excluding carboxylic acids is 1. The summed E-state index contributed by atoms with van der Waals surface area (Å²) < 4.78 is 39.9. The maximum Gasteiger partial charge on any atom is 0.416 e. The summed E-state index contributed by atoms with van der Waals surface area (Å²) in [5, 5.41) is 0.545. The van der Waals surface area contributed by atoms with Crippen molar-refractivity contribution in [1.82, 2.24) is 4.90 Å². The van der Waals surface area contributed by atoms with E-state index in [-0.39, 0.29) is 11.8 Å². The number of halogens is 4. The second kappa shape index (κ2) is 7.24. The Kier molecular flexibility index (Phi) is 4.91. The highest BCUT2D eigenvalue weighted by molar-refractivity contribution is 6.46. The summed E-state index contributed by atoms with van der Waals surface area (Å²) in [7, 11) is 0. The van der Waals surface area contributed by atoms with Gasteiger partial charge < -0.3 is 4.90 Å².